The minimum Gasteiger partial charge on any atom is -0.384 e. The van der Waals surface area contributed by atoms with Crippen molar-refractivity contribution in [1.29, 1.82) is 0 Å². The highest BCUT2D eigenvalue weighted by Gasteiger charge is 2.36. The van der Waals surface area contributed by atoms with Crippen molar-refractivity contribution in [3.8, 4) is 11.3 Å². The van der Waals surface area contributed by atoms with Gasteiger partial charge in [-0.3, -0.25) is 9.67 Å². The molecule has 2 N–H and O–H groups in total. The zero-order valence-electron chi connectivity index (χ0n) is 8.86. The predicted molar refractivity (Wildman–Crippen MR) is 55.9 cm³/mol. The first-order valence-electron chi connectivity index (χ1n) is 4.71. The summed E-state index contributed by atoms with van der Waals surface area (Å²) in [5.74, 6) is 0.289. The first-order chi connectivity index (χ1) is 7.89. The molecule has 0 fully saturated rings. The molecule has 0 spiro atoms. The Hall–Kier alpha value is -2.05. The quantitative estimate of drug-likeness (QED) is 0.832. The summed E-state index contributed by atoms with van der Waals surface area (Å²) in [7, 11) is 1.56. The van der Waals surface area contributed by atoms with Crippen LogP contribution in [0.15, 0.2) is 24.4 Å². The van der Waals surface area contributed by atoms with Crippen LogP contribution < -0.4 is 5.73 Å². The lowest BCUT2D eigenvalue weighted by Crippen LogP contribution is -2.09. The van der Waals surface area contributed by atoms with E-state index in [2.05, 4.69) is 10.1 Å². The minimum atomic E-state index is -4.51. The van der Waals surface area contributed by atoms with Gasteiger partial charge in [0.25, 0.3) is 0 Å². The number of aromatic nitrogens is 3. The average molecular weight is 242 g/mol. The third kappa shape index (κ3) is 2.08. The molecular weight excluding hydrogens is 233 g/mol. The summed E-state index contributed by atoms with van der Waals surface area (Å²) in [5, 5.41) is 3.91. The monoisotopic (exact) mass is 242 g/mol. The molecular formula is C10H9F3N4. The van der Waals surface area contributed by atoms with Gasteiger partial charge < -0.3 is 5.73 Å². The highest BCUT2D eigenvalue weighted by molar-refractivity contribution is 5.65. The molecule has 0 saturated carbocycles. The van der Waals surface area contributed by atoms with E-state index < -0.39 is 11.9 Å². The van der Waals surface area contributed by atoms with E-state index in [1.165, 1.54) is 22.9 Å². The second kappa shape index (κ2) is 3.76. The van der Waals surface area contributed by atoms with Crippen LogP contribution in [0, 0.1) is 0 Å². The van der Waals surface area contributed by atoms with Crippen molar-refractivity contribution in [3.05, 3.63) is 30.1 Å². The van der Waals surface area contributed by atoms with Crippen molar-refractivity contribution >= 4 is 5.82 Å². The fourth-order valence-electron chi connectivity index (χ4n) is 1.45. The van der Waals surface area contributed by atoms with Crippen LogP contribution in [0.4, 0.5) is 19.0 Å². The molecule has 0 unspecified atom stereocenters. The Balaban J connectivity index is 2.60. The maximum absolute atomic E-state index is 12.7. The molecule has 90 valence electrons. The van der Waals surface area contributed by atoms with Crippen LogP contribution in [-0.4, -0.2) is 14.8 Å². The fourth-order valence-corrected chi connectivity index (χ4v) is 1.45. The highest BCUT2D eigenvalue weighted by atomic mass is 19.4. The highest BCUT2D eigenvalue weighted by Crippen LogP contribution is 2.35. The van der Waals surface area contributed by atoms with Crippen molar-refractivity contribution in [1.82, 2.24) is 14.8 Å². The molecule has 0 radical (unpaired) electrons. The summed E-state index contributed by atoms with van der Waals surface area (Å²) >= 11 is 0. The van der Waals surface area contributed by atoms with Gasteiger partial charge in [0.1, 0.15) is 5.82 Å². The number of pyridine rings is 1. The molecule has 0 bridgehead atoms. The lowest BCUT2D eigenvalue weighted by molar-refractivity contribution is -0.140. The van der Waals surface area contributed by atoms with Crippen LogP contribution in [0.5, 0.6) is 0 Å². The number of halogens is 3. The molecule has 2 heterocycles. The van der Waals surface area contributed by atoms with Gasteiger partial charge in [0.2, 0.25) is 0 Å². The first kappa shape index (κ1) is 11.4. The van der Waals surface area contributed by atoms with Crippen molar-refractivity contribution in [2.24, 2.45) is 7.05 Å². The molecule has 0 aliphatic rings. The summed E-state index contributed by atoms with van der Waals surface area (Å²) in [4.78, 5) is 3.35. The van der Waals surface area contributed by atoms with Gasteiger partial charge in [0.15, 0.2) is 5.69 Å². The van der Waals surface area contributed by atoms with E-state index in [0.29, 0.717) is 0 Å². The number of nitrogens with zero attached hydrogens (tertiary/aromatic N) is 3. The van der Waals surface area contributed by atoms with Crippen molar-refractivity contribution < 1.29 is 13.2 Å². The van der Waals surface area contributed by atoms with Crippen LogP contribution in [0.3, 0.4) is 0 Å². The SMILES string of the molecule is Cn1nc(-c2cccnc2C(F)(F)F)cc1N. The summed E-state index contributed by atoms with van der Waals surface area (Å²) in [6.07, 6.45) is -3.42. The molecule has 2 aromatic rings. The van der Waals surface area contributed by atoms with Gasteiger partial charge >= 0.3 is 6.18 Å². The first-order valence-corrected chi connectivity index (χ1v) is 4.71. The summed E-state index contributed by atoms with van der Waals surface area (Å²) in [6.45, 7) is 0. The van der Waals surface area contributed by atoms with Gasteiger partial charge in [0, 0.05) is 24.9 Å². The molecule has 0 aromatic carbocycles. The molecule has 0 atom stereocenters. The van der Waals surface area contributed by atoms with Crippen LogP contribution >= 0.6 is 0 Å². The fraction of sp³-hybridized carbons (Fsp3) is 0.200. The third-order valence-corrected chi connectivity index (χ3v) is 2.27. The summed E-state index contributed by atoms with van der Waals surface area (Å²) in [5.41, 5.74) is 4.66. The summed E-state index contributed by atoms with van der Waals surface area (Å²) in [6, 6.07) is 4.12. The molecule has 4 nitrogen and oxygen atoms in total. The van der Waals surface area contributed by atoms with Gasteiger partial charge in [-0.25, -0.2) is 0 Å². The Bertz CT molecular complexity index is 525. The maximum atomic E-state index is 12.7. The van der Waals surface area contributed by atoms with E-state index in [1.807, 2.05) is 0 Å². The van der Waals surface area contributed by atoms with Crippen molar-refractivity contribution in [2.75, 3.05) is 5.73 Å². The number of nitrogens with two attached hydrogens (primary N) is 1. The van der Waals surface area contributed by atoms with Crippen LogP contribution in [0.2, 0.25) is 0 Å². The maximum Gasteiger partial charge on any atom is 0.434 e. The topological polar surface area (TPSA) is 56.7 Å². The van der Waals surface area contributed by atoms with E-state index in [1.54, 1.807) is 7.05 Å². The standard InChI is InChI=1S/C10H9F3N4/c1-17-8(14)5-7(16-17)6-3-2-4-15-9(6)10(11,12)13/h2-5H,14H2,1H3. The second-order valence-electron chi connectivity index (χ2n) is 3.48. The Labute approximate surface area is 94.9 Å². The normalized spacial score (nSPS) is 11.8. The number of hydrogen-bond donors (Lipinski definition) is 1. The van der Waals surface area contributed by atoms with Crippen LogP contribution in [0.1, 0.15) is 5.69 Å². The van der Waals surface area contributed by atoms with Gasteiger partial charge in [-0.15, -0.1) is 0 Å². The molecule has 0 amide bonds. The molecule has 0 aliphatic carbocycles. The number of hydrogen-bond acceptors (Lipinski definition) is 3. The van der Waals surface area contributed by atoms with Crippen LogP contribution in [0.25, 0.3) is 11.3 Å². The molecule has 17 heavy (non-hydrogen) atoms. The number of alkyl halides is 3. The van der Waals surface area contributed by atoms with Crippen molar-refractivity contribution in [2.45, 2.75) is 6.18 Å². The van der Waals surface area contributed by atoms with Gasteiger partial charge in [0.05, 0.1) is 5.69 Å². The molecule has 2 aromatic heterocycles. The number of rotatable bonds is 1. The number of anilines is 1. The third-order valence-electron chi connectivity index (χ3n) is 2.27. The molecule has 0 aliphatic heterocycles. The zero-order valence-corrected chi connectivity index (χ0v) is 8.86. The predicted octanol–water partition coefficient (Wildman–Crippen LogP) is 2.08. The number of nitrogen functional groups attached to an aromatic ring is 1. The Morgan fingerprint density at radius 3 is 2.59 bits per heavy atom. The zero-order chi connectivity index (χ0) is 12.6. The van der Waals surface area contributed by atoms with E-state index in [9.17, 15) is 13.2 Å². The Morgan fingerprint density at radius 1 is 1.35 bits per heavy atom. The molecule has 2 rings (SSSR count). The van der Waals surface area contributed by atoms with Gasteiger partial charge in [-0.05, 0) is 12.1 Å². The van der Waals surface area contributed by atoms with Gasteiger partial charge in [-0.1, -0.05) is 0 Å². The van der Waals surface area contributed by atoms with Gasteiger partial charge in [-0.2, -0.15) is 18.3 Å². The van der Waals surface area contributed by atoms with Crippen LogP contribution in [-0.2, 0) is 13.2 Å². The molecule has 0 saturated heterocycles. The Morgan fingerprint density at radius 2 is 2.06 bits per heavy atom. The average Bonchev–Trinajstić information content (AvgIpc) is 2.58. The van der Waals surface area contributed by atoms with Crippen molar-refractivity contribution in [3.63, 3.8) is 0 Å². The summed E-state index contributed by atoms with van der Waals surface area (Å²) < 4.78 is 39.4. The number of aryl methyl sites for hydroxylation is 1. The lowest BCUT2D eigenvalue weighted by Gasteiger charge is -2.09. The van der Waals surface area contributed by atoms with E-state index >= 15 is 0 Å². The smallest absolute Gasteiger partial charge is 0.384 e. The van der Waals surface area contributed by atoms with E-state index in [4.69, 9.17) is 5.73 Å². The lowest BCUT2D eigenvalue weighted by atomic mass is 10.1. The minimum absolute atomic E-state index is 0.0766. The second-order valence-corrected chi connectivity index (χ2v) is 3.48. The van der Waals surface area contributed by atoms with E-state index in [0.717, 1.165) is 6.20 Å². The van der Waals surface area contributed by atoms with E-state index in [-0.39, 0.29) is 17.1 Å². The largest absolute Gasteiger partial charge is 0.434 e. The Kier molecular flexibility index (Phi) is 2.53. The molecule has 7 heteroatoms.